The van der Waals surface area contributed by atoms with Crippen LogP contribution in [-0.4, -0.2) is 44.0 Å². The molecule has 0 saturated carbocycles. The number of fused-ring (bicyclic) bond motifs is 1. The lowest BCUT2D eigenvalue weighted by Crippen LogP contribution is -2.21. The summed E-state index contributed by atoms with van der Waals surface area (Å²) < 4.78 is 43.0. The number of halogens is 3. The molecule has 1 atom stereocenters. The molecule has 1 unspecified atom stereocenters. The summed E-state index contributed by atoms with van der Waals surface area (Å²) in [5.74, 6) is -2.60. The van der Waals surface area contributed by atoms with Crippen molar-refractivity contribution in [2.75, 3.05) is 13.1 Å². The average molecular weight is 378 g/mol. The van der Waals surface area contributed by atoms with Gasteiger partial charge in [-0.25, -0.2) is 13.2 Å². The van der Waals surface area contributed by atoms with Crippen LogP contribution in [-0.2, 0) is 13.6 Å². The van der Waals surface area contributed by atoms with Gasteiger partial charge in [0.2, 0.25) is 5.43 Å². The third-order valence-corrected chi connectivity index (χ3v) is 4.84. The van der Waals surface area contributed by atoms with Crippen LogP contribution in [0.5, 0.6) is 5.75 Å². The zero-order valence-corrected chi connectivity index (χ0v) is 14.5. The summed E-state index contributed by atoms with van der Waals surface area (Å²) >= 11 is 0. The van der Waals surface area contributed by atoms with E-state index < -0.39 is 34.5 Å². The molecule has 2 N–H and O–H groups in total. The predicted molar refractivity (Wildman–Crippen MR) is 93.1 cm³/mol. The topological polar surface area (TPSA) is 74.2 Å². The van der Waals surface area contributed by atoms with Crippen molar-refractivity contribution in [1.82, 2.24) is 19.7 Å². The molecule has 1 aliphatic rings. The number of nitrogens with zero attached hydrogens (tertiary/aromatic N) is 3. The minimum atomic E-state index is -0.915. The van der Waals surface area contributed by atoms with Crippen molar-refractivity contribution in [3.05, 3.63) is 45.8 Å². The van der Waals surface area contributed by atoms with Gasteiger partial charge in [0.05, 0.1) is 22.3 Å². The standard InChI is InChI=1S/C18H17F3N4O2/c1-24-18-14(12(23-24)8-25-6-5-9(19)7-25)16(26)17(27)15(22-18)13-10(20)3-2-4-11(13)21/h2-4,9,27H,5-8H2,1H3,(H,22,26). The molecule has 4 rings (SSSR count). The Morgan fingerprint density at radius 3 is 2.67 bits per heavy atom. The number of aromatic hydroxyl groups is 1. The molecule has 0 amide bonds. The smallest absolute Gasteiger partial charge is 0.235 e. The van der Waals surface area contributed by atoms with E-state index in [1.807, 2.05) is 4.90 Å². The number of aryl methyl sites for hydroxylation is 1. The van der Waals surface area contributed by atoms with Crippen LogP contribution in [0.15, 0.2) is 23.0 Å². The molecule has 0 spiro atoms. The highest BCUT2D eigenvalue weighted by atomic mass is 19.1. The summed E-state index contributed by atoms with van der Waals surface area (Å²) in [6.45, 7) is 1.04. The lowest BCUT2D eigenvalue weighted by atomic mass is 10.1. The number of H-pyrrole nitrogens is 1. The maximum atomic E-state index is 14.1. The van der Waals surface area contributed by atoms with E-state index in [0.29, 0.717) is 18.7 Å². The Balaban J connectivity index is 1.88. The second kappa shape index (κ2) is 6.41. The van der Waals surface area contributed by atoms with E-state index in [1.165, 1.54) is 10.7 Å². The van der Waals surface area contributed by atoms with E-state index in [1.54, 1.807) is 7.05 Å². The Morgan fingerprint density at radius 2 is 2.04 bits per heavy atom. The minimum Gasteiger partial charge on any atom is -0.503 e. The second-order valence-electron chi connectivity index (χ2n) is 6.69. The molecule has 3 heterocycles. The molecule has 0 aliphatic carbocycles. The van der Waals surface area contributed by atoms with E-state index in [9.17, 15) is 23.1 Å². The number of hydrogen-bond donors (Lipinski definition) is 2. The van der Waals surface area contributed by atoms with Gasteiger partial charge < -0.3 is 10.1 Å². The fraction of sp³-hybridized carbons (Fsp3) is 0.333. The Kier molecular flexibility index (Phi) is 4.18. The van der Waals surface area contributed by atoms with Gasteiger partial charge in [0.1, 0.15) is 23.5 Å². The number of aromatic nitrogens is 3. The summed E-state index contributed by atoms with van der Waals surface area (Å²) in [5, 5.41) is 14.8. The normalized spacial score (nSPS) is 17.9. The predicted octanol–water partition coefficient (Wildman–Crippen LogP) is 2.46. The van der Waals surface area contributed by atoms with Crippen LogP contribution < -0.4 is 5.43 Å². The van der Waals surface area contributed by atoms with Gasteiger partial charge in [-0.1, -0.05) is 6.07 Å². The lowest BCUT2D eigenvalue weighted by molar-refractivity contribution is 0.280. The molecular weight excluding hydrogens is 361 g/mol. The molecule has 1 aliphatic heterocycles. The molecule has 9 heteroatoms. The van der Waals surface area contributed by atoms with Crippen LogP contribution in [0.3, 0.4) is 0 Å². The first-order chi connectivity index (χ1) is 12.9. The van der Waals surface area contributed by atoms with Crippen molar-refractivity contribution >= 4 is 11.0 Å². The second-order valence-corrected chi connectivity index (χ2v) is 6.69. The highest BCUT2D eigenvalue weighted by Crippen LogP contribution is 2.31. The Labute approximate surface area is 151 Å². The fourth-order valence-corrected chi connectivity index (χ4v) is 3.54. The zero-order chi connectivity index (χ0) is 19.3. The number of rotatable bonds is 3. The summed E-state index contributed by atoms with van der Waals surface area (Å²) in [6.07, 6.45) is -0.495. The molecule has 3 aromatic rings. The van der Waals surface area contributed by atoms with Gasteiger partial charge in [-0.15, -0.1) is 0 Å². The Hall–Kier alpha value is -2.81. The van der Waals surface area contributed by atoms with Crippen LogP contribution in [0.25, 0.3) is 22.3 Å². The van der Waals surface area contributed by atoms with Crippen molar-refractivity contribution < 1.29 is 18.3 Å². The number of hydrogen-bond acceptors (Lipinski definition) is 4. The van der Waals surface area contributed by atoms with Crippen LogP contribution in [0.4, 0.5) is 13.2 Å². The Bertz CT molecular complexity index is 1070. The number of benzene rings is 1. The third kappa shape index (κ3) is 2.87. The van der Waals surface area contributed by atoms with Gasteiger partial charge in [0, 0.05) is 26.7 Å². The highest BCUT2D eigenvalue weighted by Gasteiger charge is 2.26. The molecular formula is C18H17F3N4O2. The van der Waals surface area contributed by atoms with Crippen LogP contribution >= 0.6 is 0 Å². The van der Waals surface area contributed by atoms with E-state index in [-0.39, 0.29) is 29.8 Å². The summed E-state index contributed by atoms with van der Waals surface area (Å²) in [5.41, 5.74) is -1.04. The zero-order valence-electron chi connectivity index (χ0n) is 14.5. The summed E-state index contributed by atoms with van der Waals surface area (Å²) in [7, 11) is 1.57. The van der Waals surface area contributed by atoms with Crippen LogP contribution in [0, 0.1) is 11.6 Å². The fourth-order valence-electron chi connectivity index (χ4n) is 3.54. The van der Waals surface area contributed by atoms with Crippen molar-refractivity contribution in [3.63, 3.8) is 0 Å². The van der Waals surface area contributed by atoms with Gasteiger partial charge in [0.15, 0.2) is 5.75 Å². The molecule has 0 radical (unpaired) electrons. The van der Waals surface area contributed by atoms with E-state index in [0.717, 1.165) is 12.1 Å². The average Bonchev–Trinajstić information content (AvgIpc) is 3.15. The number of alkyl halides is 1. The molecule has 6 nitrogen and oxygen atoms in total. The van der Waals surface area contributed by atoms with E-state index in [4.69, 9.17) is 0 Å². The molecule has 1 saturated heterocycles. The molecule has 1 aromatic carbocycles. The summed E-state index contributed by atoms with van der Waals surface area (Å²) in [4.78, 5) is 17.3. The SMILES string of the molecule is Cn1nc(CN2CCC(F)C2)c2c(=O)c(O)c(-c3c(F)cccc3F)[nH]c21. The van der Waals surface area contributed by atoms with Crippen LogP contribution in [0.1, 0.15) is 12.1 Å². The largest absolute Gasteiger partial charge is 0.503 e. The van der Waals surface area contributed by atoms with Gasteiger partial charge >= 0.3 is 0 Å². The van der Waals surface area contributed by atoms with Gasteiger partial charge in [-0.3, -0.25) is 14.4 Å². The van der Waals surface area contributed by atoms with Crippen molar-refractivity contribution in [3.8, 4) is 17.0 Å². The van der Waals surface area contributed by atoms with E-state index >= 15 is 0 Å². The molecule has 2 aromatic heterocycles. The molecule has 27 heavy (non-hydrogen) atoms. The molecule has 142 valence electrons. The van der Waals surface area contributed by atoms with Crippen molar-refractivity contribution in [2.24, 2.45) is 7.05 Å². The minimum absolute atomic E-state index is 0.123. The van der Waals surface area contributed by atoms with Crippen molar-refractivity contribution in [2.45, 2.75) is 19.1 Å². The van der Waals surface area contributed by atoms with Crippen molar-refractivity contribution in [1.29, 1.82) is 0 Å². The highest BCUT2D eigenvalue weighted by molar-refractivity contribution is 5.84. The monoisotopic (exact) mass is 378 g/mol. The number of likely N-dealkylation sites (tertiary alicyclic amines) is 1. The lowest BCUT2D eigenvalue weighted by Gasteiger charge is -2.12. The molecule has 0 bridgehead atoms. The maximum absolute atomic E-state index is 14.1. The molecule has 1 fully saturated rings. The number of nitrogens with one attached hydrogen (secondary N) is 1. The van der Waals surface area contributed by atoms with Crippen LogP contribution in [0.2, 0.25) is 0 Å². The number of aromatic amines is 1. The summed E-state index contributed by atoms with van der Waals surface area (Å²) in [6, 6.07) is 3.27. The Morgan fingerprint density at radius 1 is 1.33 bits per heavy atom. The van der Waals surface area contributed by atoms with Gasteiger partial charge in [-0.2, -0.15) is 5.10 Å². The first kappa shape index (κ1) is 17.6. The first-order valence-corrected chi connectivity index (χ1v) is 8.48. The van der Waals surface area contributed by atoms with Gasteiger partial charge in [0.25, 0.3) is 0 Å². The maximum Gasteiger partial charge on any atom is 0.235 e. The van der Waals surface area contributed by atoms with Gasteiger partial charge in [-0.05, 0) is 18.6 Å². The quantitative estimate of drug-likeness (QED) is 0.734. The third-order valence-electron chi connectivity index (χ3n) is 4.84. The number of pyridine rings is 1. The van der Waals surface area contributed by atoms with E-state index in [2.05, 4.69) is 10.1 Å². The first-order valence-electron chi connectivity index (χ1n) is 8.48.